The van der Waals surface area contributed by atoms with Crippen LogP contribution in [-0.4, -0.2) is 11.8 Å². The molecule has 148 valence electrons. The first-order valence-corrected chi connectivity index (χ1v) is 10.4. The molecule has 3 rings (SSSR count). The van der Waals surface area contributed by atoms with Gasteiger partial charge in [-0.1, -0.05) is 53.5 Å². The van der Waals surface area contributed by atoms with Crippen LogP contribution in [0.2, 0.25) is 10.0 Å². The van der Waals surface area contributed by atoms with Crippen LogP contribution in [0.4, 0.5) is 0 Å². The lowest BCUT2D eigenvalue weighted by Crippen LogP contribution is -2.34. The highest BCUT2D eigenvalue weighted by Crippen LogP contribution is 2.21. The molecule has 0 saturated carbocycles. The maximum absolute atomic E-state index is 12.8. The Morgan fingerprint density at radius 2 is 1.86 bits per heavy atom. The Labute approximate surface area is 183 Å². The predicted molar refractivity (Wildman–Crippen MR) is 119 cm³/mol. The molecule has 0 unspecified atom stereocenters. The number of halogens is 2. The van der Waals surface area contributed by atoms with Gasteiger partial charge in [0.15, 0.2) is 0 Å². The number of rotatable bonds is 6. The Morgan fingerprint density at radius 3 is 2.55 bits per heavy atom. The molecule has 0 bridgehead atoms. The molecule has 29 heavy (non-hydrogen) atoms. The molecule has 0 aliphatic rings. The molecule has 4 nitrogen and oxygen atoms in total. The SMILES string of the molecule is Cc1ccccc1C(=O)N/C(=C\c1cccs1)C(=O)NCc1ccc(Cl)cc1Cl. The van der Waals surface area contributed by atoms with Gasteiger partial charge >= 0.3 is 0 Å². The molecule has 1 aromatic heterocycles. The van der Waals surface area contributed by atoms with E-state index in [1.54, 1.807) is 36.4 Å². The molecule has 2 amide bonds. The normalized spacial score (nSPS) is 11.2. The summed E-state index contributed by atoms with van der Waals surface area (Å²) in [6, 6.07) is 16.0. The van der Waals surface area contributed by atoms with Gasteiger partial charge < -0.3 is 10.6 Å². The van der Waals surface area contributed by atoms with Crippen molar-refractivity contribution in [3.05, 3.63) is 97.3 Å². The van der Waals surface area contributed by atoms with Gasteiger partial charge in [-0.3, -0.25) is 9.59 Å². The van der Waals surface area contributed by atoms with Gasteiger partial charge in [-0.05, 0) is 53.8 Å². The molecule has 2 aromatic carbocycles. The summed E-state index contributed by atoms with van der Waals surface area (Å²) in [6.45, 7) is 2.05. The summed E-state index contributed by atoms with van der Waals surface area (Å²) in [6.07, 6.45) is 1.65. The molecule has 0 spiro atoms. The third-order valence-electron chi connectivity index (χ3n) is 4.17. The van der Waals surface area contributed by atoms with Crippen LogP contribution >= 0.6 is 34.5 Å². The molecule has 0 fully saturated rings. The largest absolute Gasteiger partial charge is 0.347 e. The second kappa shape index (κ2) is 9.74. The van der Waals surface area contributed by atoms with Gasteiger partial charge in [0.2, 0.25) is 0 Å². The second-order valence-electron chi connectivity index (χ2n) is 6.26. The maximum atomic E-state index is 12.8. The molecular weight excluding hydrogens is 427 g/mol. The zero-order chi connectivity index (χ0) is 20.8. The van der Waals surface area contributed by atoms with Crippen molar-refractivity contribution in [2.75, 3.05) is 0 Å². The quantitative estimate of drug-likeness (QED) is 0.496. The Hall–Kier alpha value is -2.60. The van der Waals surface area contributed by atoms with Crippen LogP contribution in [0.3, 0.4) is 0 Å². The summed E-state index contributed by atoms with van der Waals surface area (Å²) in [5.74, 6) is -0.753. The summed E-state index contributed by atoms with van der Waals surface area (Å²) in [4.78, 5) is 26.4. The number of carbonyl (C=O) groups is 2. The van der Waals surface area contributed by atoms with Gasteiger partial charge in [0, 0.05) is 27.0 Å². The van der Waals surface area contributed by atoms with E-state index in [1.165, 1.54) is 11.3 Å². The molecule has 0 radical (unpaired) electrons. The fraction of sp³-hybridized carbons (Fsp3) is 0.0909. The topological polar surface area (TPSA) is 58.2 Å². The minimum Gasteiger partial charge on any atom is -0.347 e. The van der Waals surface area contributed by atoms with Crippen molar-refractivity contribution < 1.29 is 9.59 Å². The summed E-state index contributed by atoms with van der Waals surface area (Å²) in [5, 5.41) is 8.42. The van der Waals surface area contributed by atoms with Gasteiger partial charge in [-0.2, -0.15) is 0 Å². The highest BCUT2D eigenvalue weighted by molar-refractivity contribution is 7.10. The van der Waals surface area contributed by atoms with Crippen molar-refractivity contribution in [1.82, 2.24) is 10.6 Å². The summed E-state index contributed by atoms with van der Waals surface area (Å²) in [7, 11) is 0. The van der Waals surface area contributed by atoms with Crippen molar-refractivity contribution in [2.45, 2.75) is 13.5 Å². The van der Waals surface area contributed by atoms with Gasteiger partial charge in [-0.15, -0.1) is 11.3 Å². The third kappa shape index (κ3) is 5.70. The van der Waals surface area contributed by atoms with E-state index in [4.69, 9.17) is 23.2 Å². The van der Waals surface area contributed by atoms with Crippen molar-refractivity contribution in [3.63, 3.8) is 0 Å². The Kier molecular flexibility index (Phi) is 7.09. The lowest BCUT2D eigenvalue weighted by Gasteiger charge is -2.12. The van der Waals surface area contributed by atoms with Gasteiger partial charge in [0.25, 0.3) is 11.8 Å². The van der Waals surface area contributed by atoms with E-state index in [2.05, 4.69) is 10.6 Å². The summed E-state index contributed by atoms with van der Waals surface area (Å²) in [5.41, 5.74) is 2.22. The van der Waals surface area contributed by atoms with E-state index in [9.17, 15) is 9.59 Å². The van der Waals surface area contributed by atoms with Crippen LogP contribution in [-0.2, 0) is 11.3 Å². The Bertz CT molecular complexity index is 1060. The van der Waals surface area contributed by atoms with Crippen LogP contribution < -0.4 is 10.6 Å². The van der Waals surface area contributed by atoms with Crippen LogP contribution in [0.1, 0.15) is 26.4 Å². The number of nitrogens with one attached hydrogen (secondary N) is 2. The summed E-state index contributed by atoms with van der Waals surface area (Å²) < 4.78 is 0. The molecule has 0 saturated heterocycles. The zero-order valence-electron chi connectivity index (χ0n) is 15.5. The molecule has 0 aliphatic heterocycles. The molecule has 2 N–H and O–H groups in total. The average molecular weight is 445 g/mol. The number of thiophene rings is 1. The van der Waals surface area contributed by atoms with Gasteiger partial charge in [0.05, 0.1) is 0 Å². The average Bonchev–Trinajstić information content (AvgIpc) is 3.20. The number of hydrogen-bond acceptors (Lipinski definition) is 3. The first kappa shape index (κ1) is 21.1. The predicted octanol–water partition coefficient (Wildman–Crippen LogP) is 5.45. The standard InChI is InChI=1S/C22H18Cl2N2O2S/c1-14-5-2-3-7-18(14)21(27)26-20(12-17-6-4-10-29-17)22(28)25-13-15-8-9-16(23)11-19(15)24/h2-12H,13H2,1H3,(H,25,28)(H,26,27)/b20-12-. The van der Waals surface area contributed by atoms with Crippen molar-refractivity contribution in [1.29, 1.82) is 0 Å². The van der Waals surface area contributed by atoms with Crippen molar-refractivity contribution in [2.24, 2.45) is 0 Å². The van der Waals surface area contributed by atoms with Crippen LogP contribution in [0.25, 0.3) is 6.08 Å². The minimum atomic E-state index is -0.411. The molecule has 0 aliphatic carbocycles. The fourth-order valence-corrected chi connectivity index (χ4v) is 3.76. The van der Waals surface area contributed by atoms with E-state index in [-0.39, 0.29) is 18.1 Å². The monoisotopic (exact) mass is 444 g/mol. The number of amides is 2. The highest BCUT2D eigenvalue weighted by Gasteiger charge is 2.16. The number of benzene rings is 2. The van der Waals surface area contributed by atoms with Gasteiger partial charge in [0.1, 0.15) is 5.70 Å². The van der Waals surface area contributed by atoms with E-state index in [0.29, 0.717) is 15.6 Å². The zero-order valence-corrected chi connectivity index (χ0v) is 17.9. The van der Waals surface area contributed by atoms with Crippen LogP contribution in [0, 0.1) is 6.92 Å². The highest BCUT2D eigenvalue weighted by atomic mass is 35.5. The smallest absolute Gasteiger partial charge is 0.268 e. The Balaban J connectivity index is 1.79. The molecule has 3 aromatic rings. The third-order valence-corrected chi connectivity index (χ3v) is 5.57. The van der Waals surface area contributed by atoms with E-state index in [1.807, 2.05) is 36.6 Å². The van der Waals surface area contributed by atoms with Crippen molar-refractivity contribution >= 4 is 52.4 Å². The fourth-order valence-electron chi connectivity index (χ4n) is 2.63. The van der Waals surface area contributed by atoms with Crippen LogP contribution in [0.5, 0.6) is 0 Å². The Morgan fingerprint density at radius 1 is 1.07 bits per heavy atom. The van der Waals surface area contributed by atoms with Crippen LogP contribution in [0.15, 0.2) is 65.7 Å². The number of carbonyl (C=O) groups excluding carboxylic acids is 2. The first-order chi connectivity index (χ1) is 13.9. The van der Waals surface area contributed by atoms with Crippen molar-refractivity contribution in [3.8, 4) is 0 Å². The van der Waals surface area contributed by atoms with E-state index >= 15 is 0 Å². The summed E-state index contributed by atoms with van der Waals surface area (Å²) >= 11 is 13.6. The molecule has 1 heterocycles. The second-order valence-corrected chi connectivity index (χ2v) is 8.08. The van der Waals surface area contributed by atoms with E-state index < -0.39 is 5.91 Å². The molecular formula is C22H18Cl2N2O2S. The lowest BCUT2D eigenvalue weighted by molar-refractivity contribution is -0.117. The van der Waals surface area contributed by atoms with E-state index in [0.717, 1.165) is 16.0 Å². The molecule has 0 atom stereocenters. The minimum absolute atomic E-state index is 0.158. The number of hydrogen-bond donors (Lipinski definition) is 2. The maximum Gasteiger partial charge on any atom is 0.268 e. The number of aryl methyl sites for hydroxylation is 1. The molecule has 7 heteroatoms. The lowest BCUT2D eigenvalue weighted by atomic mass is 10.1. The first-order valence-electron chi connectivity index (χ1n) is 8.78. The van der Waals surface area contributed by atoms with Gasteiger partial charge in [-0.25, -0.2) is 0 Å².